The number of thiophene rings is 1. The number of hydrogen-bond donors (Lipinski definition) is 1. The fourth-order valence-electron chi connectivity index (χ4n) is 3.64. The number of rotatable bonds is 5. The summed E-state index contributed by atoms with van der Waals surface area (Å²) in [6, 6.07) is 9.90. The van der Waals surface area contributed by atoms with E-state index in [4.69, 9.17) is 4.52 Å². The highest BCUT2D eigenvalue weighted by molar-refractivity contribution is 7.18. The van der Waals surface area contributed by atoms with Gasteiger partial charge < -0.3 is 14.7 Å². The second-order valence-electron chi connectivity index (χ2n) is 9.77. The standard InChI is InChI=1S/C25H31N5O3S/c1-16-6-8-18(9-7-16)22-26-19(33-28-22)15-29-10-12-30(13-11-29)23(31)21-17(2)14-20(34-21)27-24(32)25(3,4)5/h6-9,14H,10-13,15H2,1-5H3,(H,27,32). The molecule has 0 aliphatic carbocycles. The fourth-order valence-corrected chi connectivity index (χ4v) is 4.67. The number of piperazine rings is 1. The van der Waals surface area contributed by atoms with Crippen molar-refractivity contribution < 1.29 is 14.1 Å². The molecule has 1 fully saturated rings. The highest BCUT2D eigenvalue weighted by Gasteiger charge is 2.27. The predicted octanol–water partition coefficient (Wildman–Crippen LogP) is 4.36. The van der Waals surface area contributed by atoms with Crippen LogP contribution < -0.4 is 5.32 Å². The quantitative estimate of drug-likeness (QED) is 0.582. The largest absolute Gasteiger partial charge is 0.338 e. The van der Waals surface area contributed by atoms with E-state index in [1.165, 1.54) is 16.9 Å². The molecule has 0 unspecified atom stereocenters. The highest BCUT2D eigenvalue weighted by Crippen LogP contribution is 2.30. The van der Waals surface area contributed by atoms with E-state index < -0.39 is 5.41 Å². The molecule has 0 radical (unpaired) electrons. The van der Waals surface area contributed by atoms with Gasteiger partial charge in [-0.2, -0.15) is 4.98 Å². The Morgan fingerprint density at radius 1 is 1.09 bits per heavy atom. The number of nitrogens with zero attached hydrogens (tertiary/aromatic N) is 4. The van der Waals surface area contributed by atoms with Crippen LogP contribution >= 0.6 is 11.3 Å². The monoisotopic (exact) mass is 481 g/mol. The molecule has 3 aromatic rings. The first kappa shape index (κ1) is 24.1. The van der Waals surface area contributed by atoms with Crippen LogP contribution in [0, 0.1) is 19.3 Å². The van der Waals surface area contributed by atoms with E-state index in [1.807, 2.05) is 69.9 Å². The minimum atomic E-state index is -0.488. The number of benzene rings is 1. The Morgan fingerprint density at radius 2 is 1.76 bits per heavy atom. The Hall–Kier alpha value is -3.04. The Morgan fingerprint density at radius 3 is 2.41 bits per heavy atom. The maximum Gasteiger partial charge on any atom is 0.264 e. The van der Waals surface area contributed by atoms with Crippen molar-refractivity contribution in [3.05, 3.63) is 52.2 Å². The van der Waals surface area contributed by atoms with Crippen LogP contribution in [0.25, 0.3) is 11.4 Å². The van der Waals surface area contributed by atoms with E-state index in [-0.39, 0.29) is 11.8 Å². The summed E-state index contributed by atoms with van der Waals surface area (Å²) in [5, 5.41) is 7.74. The summed E-state index contributed by atoms with van der Waals surface area (Å²) in [5.41, 5.74) is 2.51. The average molecular weight is 482 g/mol. The third kappa shape index (κ3) is 5.53. The van der Waals surface area contributed by atoms with Crippen LogP contribution in [0.15, 0.2) is 34.9 Å². The van der Waals surface area contributed by atoms with Gasteiger partial charge in [0, 0.05) is 37.2 Å². The van der Waals surface area contributed by atoms with Gasteiger partial charge >= 0.3 is 0 Å². The minimum Gasteiger partial charge on any atom is -0.338 e. The summed E-state index contributed by atoms with van der Waals surface area (Å²) >= 11 is 1.34. The highest BCUT2D eigenvalue weighted by atomic mass is 32.1. The van der Waals surface area contributed by atoms with Crippen molar-refractivity contribution in [2.45, 2.75) is 41.2 Å². The Bertz CT molecular complexity index is 1170. The van der Waals surface area contributed by atoms with E-state index in [0.29, 0.717) is 41.2 Å². The molecule has 1 aromatic carbocycles. The van der Waals surface area contributed by atoms with Gasteiger partial charge in [-0.1, -0.05) is 55.8 Å². The van der Waals surface area contributed by atoms with Crippen molar-refractivity contribution in [2.75, 3.05) is 31.5 Å². The van der Waals surface area contributed by atoms with E-state index in [0.717, 1.165) is 24.2 Å². The molecule has 180 valence electrons. The molecule has 4 rings (SSSR count). The minimum absolute atomic E-state index is 0.0119. The number of nitrogens with one attached hydrogen (secondary N) is 1. The summed E-state index contributed by atoms with van der Waals surface area (Å²) < 4.78 is 5.45. The first-order valence-corrected chi connectivity index (χ1v) is 12.2. The van der Waals surface area contributed by atoms with Crippen molar-refractivity contribution in [2.24, 2.45) is 5.41 Å². The van der Waals surface area contributed by atoms with Gasteiger partial charge in [-0.3, -0.25) is 14.5 Å². The van der Waals surface area contributed by atoms with Gasteiger partial charge in [-0.15, -0.1) is 11.3 Å². The number of anilines is 1. The molecule has 0 spiro atoms. The normalized spacial score (nSPS) is 14.9. The third-order valence-electron chi connectivity index (χ3n) is 5.83. The van der Waals surface area contributed by atoms with Gasteiger partial charge in [0.05, 0.1) is 16.4 Å². The molecule has 34 heavy (non-hydrogen) atoms. The molecule has 2 aromatic heterocycles. The summed E-state index contributed by atoms with van der Waals surface area (Å²) in [5.74, 6) is 1.11. The molecule has 1 N–H and O–H groups in total. The number of aromatic nitrogens is 2. The van der Waals surface area contributed by atoms with E-state index in [1.54, 1.807) is 0 Å². The number of hydrogen-bond acceptors (Lipinski definition) is 7. The zero-order valence-electron chi connectivity index (χ0n) is 20.3. The molecular weight excluding hydrogens is 450 g/mol. The number of aryl methyl sites for hydroxylation is 2. The topological polar surface area (TPSA) is 91.6 Å². The molecule has 0 saturated carbocycles. The Kier molecular flexibility index (Phi) is 6.86. The van der Waals surface area contributed by atoms with Crippen LogP contribution in [0.3, 0.4) is 0 Å². The van der Waals surface area contributed by atoms with Crippen LogP contribution in [0.1, 0.15) is 47.5 Å². The molecular formula is C25H31N5O3S. The van der Waals surface area contributed by atoms with Gasteiger partial charge in [0.1, 0.15) is 0 Å². The number of amides is 2. The number of carbonyl (C=O) groups is 2. The van der Waals surface area contributed by atoms with Crippen LogP contribution in [-0.4, -0.2) is 57.9 Å². The van der Waals surface area contributed by atoms with E-state index >= 15 is 0 Å². The van der Waals surface area contributed by atoms with Gasteiger partial charge in [0.15, 0.2) is 0 Å². The smallest absolute Gasteiger partial charge is 0.264 e. The average Bonchev–Trinajstić information content (AvgIpc) is 3.40. The van der Waals surface area contributed by atoms with Gasteiger partial charge in [0.2, 0.25) is 17.6 Å². The van der Waals surface area contributed by atoms with Crippen LogP contribution in [-0.2, 0) is 11.3 Å². The Balaban J connectivity index is 1.32. The Labute approximate surface area is 204 Å². The number of carbonyl (C=O) groups excluding carboxylic acids is 2. The third-order valence-corrected chi connectivity index (χ3v) is 6.97. The lowest BCUT2D eigenvalue weighted by Crippen LogP contribution is -2.48. The summed E-state index contributed by atoms with van der Waals surface area (Å²) in [6.45, 7) is 12.8. The molecule has 0 bridgehead atoms. The predicted molar refractivity (Wildman–Crippen MR) is 133 cm³/mol. The summed E-state index contributed by atoms with van der Waals surface area (Å²) in [6.07, 6.45) is 0. The van der Waals surface area contributed by atoms with Crippen LogP contribution in [0.4, 0.5) is 5.00 Å². The van der Waals surface area contributed by atoms with Crippen LogP contribution in [0.2, 0.25) is 0 Å². The molecule has 1 aliphatic heterocycles. The van der Waals surface area contributed by atoms with Gasteiger partial charge in [0.25, 0.3) is 5.91 Å². The molecule has 0 atom stereocenters. The molecule has 2 amide bonds. The van der Waals surface area contributed by atoms with Gasteiger partial charge in [-0.05, 0) is 25.5 Å². The zero-order valence-corrected chi connectivity index (χ0v) is 21.2. The lowest BCUT2D eigenvalue weighted by Gasteiger charge is -2.33. The second-order valence-corrected chi connectivity index (χ2v) is 10.8. The van der Waals surface area contributed by atoms with Crippen molar-refractivity contribution in [1.29, 1.82) is 0 Å². The van der Waals surface area contributed by atoms with Crippen molar-refractivity contribution in [3.8, 4) is 11.4 Å². The van der Waals surface area contributed by atoms with E-state index in [9.17, 15) is 9.59 Å². The first-order valence-electron chi connectivity index (χ1n) is 11.4. The van der Waals surface area contributed by atoms with Crippen LogP contribution in [0.5, 0.6) is 0 Å². The second kappa shape index (κ2) is 9.68. The first-order chi connectivity index (χ1) is 16.1. The zero-order chi connectivity index (χ0) is 24.5. The van der Waals surface area contributed by atoms with E-state index in [2.05, 4.69) is 20.4 Å². The van der Waals surface area contributed by atoms with Crippen molar-refractivity contribution in [3.63, 3.8) is 0 Å². The fraction of sp³-hybridized carbons (Fsp3) is 0.440. The van der Waals surface area contributed by atoms with Gasteiger partial charge in [-0.25, -0.2) is 0 Å². The summed E-state index contributed by atoms with van der Waals surface area (Å²) in [4.78, 5) is 34.7. The molecule has 1 aliphatic rings. The maximum absolute atomic E-state index is 13.1. The molecule has 1 saturated heterocycles. The lowest BCUT2D eigenvalue weighted by molar-refractivity contribution is -0.123. The lowest BCUT2D eigenvalue weighted by atomic mass is 9.96. The molecule has 8 nitrogen and oxygen atoms in total. The summed E-state index contributed by atoms with van der Waals surface area (Å²) in [7, 11) is 0. The molecule has 3 heterocycles. The maximum atomic E-state index is 13.1. The molecule has 9 heteroatoms. The van der Waals surface area contributed by atoms with Crippen molar-refractivity contribution in [1.82, 2.24) is 19.9 Å². The van der Waals surface area contributed by atoms with Crippen molar-refractivity contribution >= 4 is 28.2 Å². The SMILES string of the molecule is Cc1ccc(-c2noc(CN3CCN(C(=O)c4sc(NC(=O)C(C)(C)C)cc4C)CC3)n2)cc1.